The minimum absolute atomic E-state index is 0.136. The normalized spacial score (nSPS) is 16.2. The lowest BCUT2D eigenvalue weighted by Gasteiger charge is -2.19. The van der Waals surface area contributed by atoms with Gasteiger partial charge in [0.25, 0.3) is 11.1 Å². The van der Waals surface area contributed by atoms with Crippen LogP contribution in [0.3, 0.4) is 0 Å². The van der Waals surface area contributed by atoms with E-state index in [4.69, 9.17) is 0 Å². The van der Waals surface area contributed by atoms with Crippen molar-refractivity contribution in [3.63, 3.8) is 0 Å². The highest BCUT2D eigenvalue weighted by Crippen LogP contribution is 2.35. The summed E-state index contributed by atoms with van der Waals surface area (Å²) in [7, 11) is 0. The molecule has 1 unspecified atom stereocenters. The molecule has 2 aromatic carbocycles. The third-order valence-electron chi connectivity index (χ3n) is 5.58. The fraction of sp³-hybridized carbons (Fsp3) is 0.240. The van der Waals surface area contributed by atoms with Crippen LogP contribution in [0.4, 0.5) is 10.5 Å². The van der Waals surface area contributed by atoms with Crippen LogP contribution in [0, 0.1) is 6.92 Å². The lowest BCUT2D eigenvalue weighted by atomic mass is 10.1. The van der Waals surface area contributed by atoms with Gasteiger partial charge in [-0.1, -0.05) is 37.3 Å². The number of aromatic nitrogens is 1. The number of rotatable bonds is 6. The van der Waals surface area contributed by atoms with E-state index in [1.807, 2.05) is 80.1 Å². The molecule has 3 amide bonds. The Hall–Kier alpha value is -3.32. The fourth-order valence-electron chi connectivity index (χ4n) is 3.78. The van der Waals surface area contributed by atoms with Crippen molar-refractivity contribution in [1.82, 2.24) is 9.47 Å². The van der Waals surface area contributed by atoms with Gasteiger partial charge in [0, 0.05) is 34.4 Å². The molecule has 1 saturated heterocycles. The van der Waals surface area contributed by atoms with Crippen molar-refractivity contribution in [2.24, 2.45) is 0 Å². The zero-order valence-electron chi connectivity index (χ0n) is 18.3. The highest BCUT2D eigenvalue weighted by molar-refractivity contribution is 8.18. The lowest BCUT2D eigenvalue weighted by molar-refractivity contribution is -0.124. The smallest absolute Gasteiger partial charge is 0.293 e. The van der Waals surface area contributed by atoms with Gasteiger partial charge in [0.1, 0.15) is 6.54 Å². The Bertz CT molecular complexity index is 1240. The van der Waals surface area contributed by atoms with E-state index in [1.54, 1.807) is 6.08 Å². The third-order valence-corrected chi connectivity index (χ3v) is 6.46. The van der Waals surface area contributed by atoms with Crippen molar-refractivity contribution in [3.05, 3.63) is 70.8 Å². The van der Waals surface area contributed by atoms with Gasteiger partial charge in [-0.05, 0) is 61.9 Å². The Kier molecular flexibility index (Phi) is 6.19. The number of hydrogen-bond acceptors (Lipinski definition) is 4. The molecule has 1 aliphatic rings. The van der Waals surface area contributed by atoms with E-state index in [1.165, 1.54) is 4.90 Å². The van der Waals surface area contributed by atoms with E-state index in [9.17, 15) is 14.4 Å². The summed E-state index contributed by atoms with van der Waals surface area (Å²) in [6, 6.07) is 15.2. The second kappa shape index (κ2) is 9.04. The van der Waals surface area contributed by atoms with E-state index in [2.05, 4.69) is 5.32 Å². The standard InChI is InChI=1S/C25H25N3O3S/c1-4-17(3)28-24(30)22(32-25(28)31)13-18-14-27(21-11-6-5-10-20(18)21)15-23(29)26-19-9-7-8-16(2)12-19/h5-14,17H,4,15H2,1-3H3,(H,26,29)/b22-13-. The predicted molar refractivity (Wildman–Crippen MR) is 129 cm³/mol. The number of imide groups is 1. The maximum absolute atomic E-state index is 12.8. The largest absolute Gasteiger partial charge is 0.337 e. The van der Waals surface area contributed by atoms with E-state index in [-0.39, 0.29) is 29.6 Å². The molecule has 7 heteroatoms. The number of aryl methyl sites for hydroxylation is 1. The number of nitrogens with one attached hydrogen (secondary N) is 1. The zero-order chi connectivity index (χ0) is 22.8. The van der Waals surface area contributed by atoms with Gasteiger partial charge in [-0.2, -0.15) is 0 Å². The molecular weight excluding hydrogens is 422 g/mol. The Morgan fingerprint density at radius 1 is 1.16 bits per heavy atom. The van der Waals surface area contributed by atoms with Crippen LogP contribution in [0.5, 0.6) is 0 Å². The van der Waals surface area contributed by atoms with E-state index < -0.39 is 0 Å². The topological polar surface area (TPSA) is 71.4 Å². The van der Waals surface area contributed by atoms with E-state index in [0.717, 1.165) is 39.5 Å². The number of carbonyl (C=O) groups excluding carboxylic acids is 3. The second-order valence-electron chi connectivity index (χ2n) is 7.96. The molecule has 2 heterocycles. The predicted octanol–water partition coefficient (Wildman–Crippen LogP) is 5.42. The second-order valence-corrected chi connectivity index (χ2v) is 8.95. The number of amides is 3. The van der Waals surface area contributed by atoms with Crippen molar-refractivity contribution >= 4 is 51.5 Å². The molecule has 0 spiro atoms. The summed E-state index contributed by atoms with van der Waals surface area (Å²) in [5.74, 6) is -0.400. The molecular formula is C25H25N3O3S. The first-order valence-corrected chi connectivity index (χ1v) is 11.4. The number of fused-ring (bicyclic) bond motifs is 1. The van der Waals surface area contributed by atoms with Crippen LogP contribution in [0.25, 0.3) is 17.0 Å². The van der Waals surface area contributed by atoms with Gasteiger partial charge in [0.05, 0.1) is 4.91 Å². The van der Waals surface area contributed by atoms with Crippen molar-refractivity contribution in [1.29, 1.82) is 0 Å². The van der Waals surface area contributed by atoms with Crippen molar-refractivity contribution in [3.8, 4) is 0 Å². The van der Waals surface area contributed by atoms with Gasteiger partial charge in [-0.3, -0.25) is 19.3 Å². The summed E-state index contributed by atoms with van der Waals surface area (Å²) < 4.78 is 1.87. The van der Waals surface area contributed by atoms with Gasteiger partial charge in [-0.25, -0.2) is 0 Å². The summed E-state index contributed by atoms with van der Waals surface area (Å²) in [6.45, 7) is 5.94. The van der Waals surface area contributed by atoms with Gasteiger partial charge in [-0.15, -0.1) is 0 Å². The summed E-state index contributed by atoms with van der Waals surface area (Å²) in [4.78, 5) is 39.6. The van der Waals surface area contributed by atoms with E-state index >= 15 is 0 Å². The fourth-order valence-corrected chi connectivity index (χ4v) is 4.70. The van der Waals surface area contributed by atoms with Gasteiger partial charge < -0.3 is 9.88 Å². The Balaban J connectivity index is 1.62. The average molecular weight is 448 g/mol. The summed E-state index contributed by atoms with van der Waals surface area (Å²) in [5.41, 5.74) is 3.52. The molecule has 32 heavy (non-hydrogen) atoms. The Labute approximate surface area is 191 Å². The average Bonchev–Trinajstić information content (AvgIpc) is 3.24. The van der Waals surface area contributed by atoms with Gasteiger partial charge in [0.2, 0.25) is 5.91 Å². The molecule has 3 aromatic rings. The van der Waals surface area contributed by atoms with Crippen LogP contribution >= 0.6 is 11.8 Å². The quantitative estimate of drug-likeness (QED) is 0.512. The number of nitrogens with zero attached hydrogens (tertiary/aromatic N) is 2. The molecule has 1 fully saturated rings. The third kappa shape index (κ3) is 4.34. The summed E-state index contributed by atoms with van der Waals surface area (Å²) >= 11 is 0.965. The molecule has 0 radical (unpaired) electrons. The summed E-state index contributed by atoms with van der Waals surface area (Å²) in [6.07, 6.45) is 4.32. The van der Waals surface area contributed by atoms with Crippen molar-refractivity contribution < 1.29 is 14.4 Å². The van der Waals surface area contributed by atoms with Crippen LogP contribution in [0.2, 0.25) is 0 Å². The molecule has 1 aromatic heterocycles. The maximum atomic E-state index is 12.8. The van der Waals surface area contributed by atoms with Crippen LogP contribution in [0.15, 0.2) is 59.6 Å². The first-order chi connectivity index (χ1) is 15.4. The first kappa shape index (κ1) is 21.9. The molecule has 1 atom stereocenters. The molecule has 164 valence electrons. The van der Waals surface area contributed by atoms with Gasteiger partial charge in [0.15, 0.2) is 0 Å². The SMILES string of the molecule is CCC(C)N1C(=O)S/C(=C\c2cn(CC(=O)Nc3cccc(C)c3)c3ccccc23)C1=O. The lowest BCUT2D eigenvalue weighted by Crippen LogP contribution is -2.36. The van der Waals surface area contributed by atoms with Gasteiger partial charge >= 0.3 is 0 Å². The van der Waals surface area contributed by atoms with Crippen LogP contribution in [0.1, 0.15) is 31.4 Å². The minimum Gasteiger partial charge on any atom is -0.337 e. The van der Waals surface area contributed by atoms with Crippen molar-refractivity contribution in [2.45, 2.75) is 39.8 Å². The molecule has 4 rings (SSSR count). The number of benzene rings is 2. The van der Waals surface area contributed by atoms with E-state index in [0.29, 0.717) is 11.3 Å². The maximum Gasteiger partial charge on any atom is 0.293 e. The Morgan fingerprint density at radius 2 is 1.94 bits per heavy atom. The highest BCUT2D eigenvalue weighted by Gasteiger charge is 2.37. The molecule has 6 nitrogen and oxygen atoms in total. The number of hydrogen-bond donors (Lipinski definition) is 1. The molecule has 0 bridgehead atoms. The van der Waals surface area contributed by atoms with Crippen LogP contribution < -0.4 is 5.32 Å². The highest BCUT2D eigenvalue weighted by atomic mass is 32.2. The van der Waals surface area contributed by atoms with Crippen LogP contribution in [-0.2, 0) is 16.1 Å². The first-order valence-electron chi connectivity index (χ1n) is 10.6. The number of carbonyl (C=O) groups is 3. The van der Waals surface area contributed by atoms with Crippen LogP contribution in [-0.4, -0.2) is 32.6 Å². The minimum atomic E-state index is -0.261. The monoisotopic (exact) mass is 447 g/mol. The molecule has 1 aliphatic heterocycles. The molecule has 1 N–H and O–H groups in total. The summed E-state index contributed by atoms with van der Waals surface area (Å²) in [5, 5.41) is 3.61. The Morgan fingerprint density at radius 3 is 2.69 bits per heavy atom. The van der Waals surface area contributed by atoms with Crippen molar-refractivity contribution in [2.75, 3.05) is 5.32 Å². The molecule has 0 aliphatic carbocycles. The zero-order valence-corrected chi connectivity index (χ0v) is 19.1. The molecule has 0 saturated carbocycles. The number of anilines is 1. The number of thioether (sulfide) groups is 1. The number of para-hydroxylation sites is 1.